The summed E-state index contributed by atoms with van der Waals surface area (Å²) in [6.45, 7) is 7.95. The van der Waals surface area contributed by atoms with Crippen molar-refractivity contribution in [1.29, 1.82) is 0 Å². The standard InChI is InChI=1S/C18H22O3/c1-13(2)19-16-11-8-12-17(18(16)20-14(3)4)21-15-9-6-5-7-10-15/h5-14H,1-4H3. The summed E-state index contributed by atoms with van der Waals surface area (Å²) in [5, 5.41) is 0. The van der Waals surface area contributed by atoms with Gasteiger partial charge in [0.15, 0.2) is 11.5 Å². The largest absolute Gasteiger partial charge is 0.487 e. The third-order valence-corrected chi connectivity index (χ3v) is 2.63. The van der Waals surface area contributed by atoms with E-state index < -0.39 is 0 Å². The van der Waals surface area contributed by atoms with Crippen LogP contribution in [-0.4, -0.2) is 12.2 Å². The van der Waals surface area contributed by atoms with Crippen molar-refractivity contribution in [3.8, 4) is 23.0 Å². The molecule has 0 fully saturated rings. The molecule has 0 spiro atoms. The Morgan fingerprint density at radius 2 is 1.29 bits per heavy atom. The molecule has 3 nitrogen and oxygen atoms in total. The third-order valence-electron chi connectivity index (χ3n) is 2.63. The lowest BCUT2D eigenvalue weighted by molar-refractivity contribution is 0.193. The maximum absolute atomic E-state index is 5.93. The Labute approximate surface area is 126 Å². The minimum absolute atomic E-state index is 0.0417. The number of hydrogen-bond donors (Lipinski definition) is 0. The molecule has 3 heteroatoms. The first-order chi connectivity index (χ1) is 10.1. The number of para-hydroxylation sites is 2. The lowest BCUT2D eigenvalue weighted by atomic mass is 10.2. The van der Waals surface area contributed by atoms with Crippen LogP contribution in [0.3, 0.4) is 0 Å². The van der Waals surface area contributed by atoms with Gasteiger partial charge in [0.1, 0.15) is 5.75 Å². The zero-order valence-corrected chi connectivity index (χ0v) is 13.0. The van der Waals surface area contributed by atoms with E-state index in [2.05, 4.69) is 0 Å². The molecule has 2 aromatic rings. The van der Waals surface area contributed by atoms with E-state index in [1.165, 1.54) is 0 Å². The normalized spacial score (nSPS) is 10.8. The Balaban J connectivity index is 2.34. The highest BCUT2D eigenvalue weighted by Gasteiger charge is 2.15. The fourth-order valence-corrected chi connectivity index (χ4v) is 1.89. The van der Waals surface area contributed by atoms with Crippen molar-refractivity contribution in [3.63, 3.8) is 0 Å². The minimum atomic E-state index is 0.0417. The predicted molar refractivity (Wildman–Crippen MR) is 84.5 cm³/mol. The van der Waals surface area contributed by atoms with Gasteiger partial charge in [-0.15, -0.1) is 0 Å². The van der Waals surface area contributed by atoms with Gasteiger partial charge in [0, 0.05) is 0 Å². The molecule has 0 aliphatic carbocycles. The highest BCUT2D eigenvalue weighted by atomic mass is 16.5. The van der Waals surface area contributed by atoms with E-state index in [0.29, 0.717) is 17.2 Å². The molecule has 0 saturated heterocycles. The van der Waals surface area contributed by atoms with Crippen molar-refractivity contribution in [3.05, 3.63) is 48.5 Å². The van der Waals surface area contributed by atoms with E-state index in [-0.39, 0.29) is 12.2 Å². The van der Waals surface area contributed by atoms with Gasteiger partial charge in [-0.2, -0.15) is 0 Å². The maximum atomic E-state index is 5.93. The number of benzene rings is 2. The van der Waals surface area contributed by atoms with E-state index in [1.807, 2.05) is 76.2 Å². The first-order valence-corrected chi connectivity index (χ1v) is 7.25. The van der Waals surface area contributed by atoms with Crippen LogP contribution >= 0.6 is 0 Å². The number of ether oxygens (including phenoxy) is 3. The molecule has 0 unspecified atom stereocenters. The van der Waals surface area contributed by atoms with Gasteiger partial charge >= 0.3 is 0 Å². The predicted octanol–water partition coefficient (Wildman–Crippen LogP) is 5.05. The smallest absolute Gasteiger partial charge is 0.204 e. The summed E-state index contributed by atoms with van der Waals surface area (Å²) in [6, 6.07) is 15.3. The average molecular weight is 286 g/mol. The number of hydrogen-bond acceptors (Lipinski definition) is 3. The molecular weight excluding hydrogens is 264 g/mol. The maximum Gasteiger partial charge on any atom is 0.204 e. The fourth-order valence-electron chi connectivity index (χ4n) is 1.89. The Hall–Kier alpha value is -2.16. The molecule has 0 aliphatic rings. The van der Waals surface area contributed by atoms with Gasteiger partial charge in [-0.05, 0) is 52.0 Å². The van der Waals surface area contributed by atoms with Crippen molar-refractivity contribution in [2.75, 3.05) is 0 Å². The lowest BCUT2D eigenvalue weighted by Crippen LogP contribution is -2.11. The van der Waals surface area contributed by atoms with Crippen LogP contribution in [0.1, 0.15) is 27.7 Å². The van der Waals surface area contributed by atoms with Gasteiger partial charge in [-0.3, -0.25) is 0 Å². The van der Waals surface area contributed by atoms with Crippen molar-refractivity contribution in [2.45, 2.75) is 39.9 Å². The SMILES string of the molecule is CC(C)Oc1cccc(Oc2ccccc2)c1OC(C)C. The van der Waals surface area contributed by atoms with Gasteiger partial charge in [0.25, 0.3) is 0 Å². The lowest BCUT2D eigenvalue weighted by Gasteiger charge is -2.19. The summed E-state index contributed by atoms with van der Waals surface area (Å²) >= 11 is 0. The molecule has 2 rings (SSSR count). The van der Waals surface area contributed by atoms with E-state index >= 15 is 0 Å². The zero-order valence-electron chi connectivity index (χ0n) is 13.0. The van der Waals surface area contributed by atoms with Crippen LogP contribution in [0, 0.1) is 0 Å². The molecule has 2 aromatic carbocycles. The second-order valence-corrected chi connectivity index (χ2v) is 5.33. The van der Waals surface area contributed by atoms with E-state index in [0.717, 1.165) is 5.75 Å². The Bertz CT molecular complexity index is 562. The first-order valence-electron chi connectivity index (χ1n) is 7.25. The monoisotopic (exact) mass is 286 g/mol. The zero-order chi connectivity index (χ0) is 15.2. The molecule has 0 saturated carbocycles. The summed E-state index contributed by atoms with van der Waals surface area (Å²) in [5.41, 5.74) is 0. The van der Waals surface area contributed by atoms with Crippen molar-refractivity contribution >= 4 is 0 Å². The molecule has 21 heavy (non-hydrogen) atoms. The highest BCUT2D eigenvalue weighted by Crippen LogP contribution is 2.40. The Morgan fingerprint density at radius 3 is 1.90 bits per heavy atom. The summed E-state index contributed by atoms with van der Waals surface area (Å²) < 4.78 is 17.6. The summed E-state index contributed by atoms with van der Waals surface area (Å²) in [5.74, 6) is 2.78. The second-order valence-electron chi connectivity index (χ2n) is 5.33. The van der Waals surface area contributed by atoms with Gasteiger partial charge in [0.2, 0.25) is 5.75 Å². The van der Waals surface area contributed by atoms with E-state index in [9.17, 15) is 0 Å². The van der Waals surface area contributed by atoms with E-state index in [4.69, 9.17) is 14.2 Å². The van der Waals surface area contributed by atoms with Crippen LogP contribution < -0.4 is 14.2 Å². The van der Waals surface area contributed by atoms with Gasteiger partial charge in [-0.1, -0.05) is 24.3 Å². The molecule has 0 aromatic heterocycles. The minimum Gasteiger partial charge on any atom is -0.487 e. The van der Waals surface area contributed by atoms with E-state index in [1.54, 1.807) is 0 Å². The van der Waals surface area contributed by atoms with Crippen molar-refractivity contribution in [1.82, 2.24) is 0 Å². The van der Waals surface area contributed by atoms with Crippen LogP contribution in [0.15, 0.2) is 48.5 Å². The summed E-state index contributed by atoms with van der Waals surface area (Å²) in [4.78, 5) is 0. The molecule has 112 valence electrons. The van der Waals surface area contributed by atoms with Crippen molar-refractivity contribution < 1.29 is 14.2 Å². The number of rotatable bonds is 6. The van der Waals surface area contributed by atoms with Crippen LogP contribution in [0.2, 0.25) is 0 Å². The Morgan fingerprint density at radius 1 is 0.667 bits per heavy atom. The van der Waals surface area contributed by atoms with Gasteiger partial charge in [-0.25, -0.2) is 0 Å². The molecule has 0 amide bonds. The molecular formula is C18H22O3. The second kappa shape index (κ2) is 7.02. The first kappa shape index (κ1) is 15.2. The Kier molecular flexibility index (Phi) is 5.09. The average Bonchev–Trinajstić information content (AvgIpc) is 2.42. The molecule has 0 atom stereocenters. The third kappa shape index (κ3) is 4.42. The summed E-state index contributed by atoms with van der Waals surface area (Å²) in [7, 11) is 0. The molecule has 0 N–H and O–H groups in total. The summed E-state index contributed by atoms with van der Waals surface area (Å²) in [6.07, 6.45) is 0.117. The molecule has 0 aliphatic heterocycles. The van der Waals surface area contributed by atoms with Crippen LogP contribution in [0.4, 0.5) is 0 Å². The quantitative estimate of drug-likeness (QED) is 0.743. The highest BCUT2D eigenvalue weighted by molar-refractivity contribution is 5.52. The van der Waals surface area contributed by atoms with Gasteiger partial charge < -0.3 is 14.2 Å². The fraction of sp³-hybridized carbons (Fsp3) is 0.333. The van der Waals surface area contributed by atoms with Gasteiger partial charge in [0.05, 0.1) is 12.2 Å². The van der Waals surface area contributed by atoms with Crippen LogP contribution in [0.5, 0.6) is 23.0 Å². The van der Waals surface area contributed by atoms with Crippen molar-refractivity contribution in [2.24, 2.45) is 0 Å². The molecule has 0 heterocycles. The van der Waals surface area contributed by atoms with Crippen LogP contribution in [-0.2, 0) is 0 Å². The van der Waals surface area contributed by atoms with Crippen LogP contribution in [0.25, 0.3) is 0 Å². The topological polar surface area (TPSA) is 27.7 Å². The molecule has 0 bridgehead atoms. The molecule has 0 radical (unpaired) electrons.